The summed E-state index contributed by atoms with van der Waals surface area (Å²) in [6.45, 7) is 2.75. The first kappa shape index (κ1) is 13.4. The Labute approximate surface area is 112 Å². The summed E-state index contributed by atoms with van der Waals surface area (Å²) in [7, 11) is 0. The third-order valence-electron chi connectivity index (χ3n) is 3.16. The van der Waals surface area contributed by atoms with Gasteiger partial charge in [-0.3, -0.25) is 9.59 Å². The predicted octanol–water partition coefficient (Wildman–Crippen LogP) is 0.833. The van der Waals surface area contributed by atoms with E-state index in [9.17, 15) is 9.59 Å². The van der Waals surface area contributed by atoms with Gasteiger partial charge in [0.05, 0.1) is 0 Å². The first-order valence-electron chi connectivity index (χ1n) is 6.50. The summed E-state index contributed by atoms with van der Waals surface area (Å²) in [6.07, 6.45) is 1.97. The molecule has 0 bridgehead atoms. The zero-order chi connectivity index (χ0) is 13.8. The fraction of sp³-hybridized carbons (Fsp3) is 0.429. The summed E-state index contributed by atoms with van der Waals surface area (Å²) in [5.74, 6) is 0.131. The van der Waals surface area contributed by atoms with Crippen molar-refractivity contribution in [3.63, 3.8) is 0 Å². The van der Waals surface area contributed by atoms with Crippen LogP contribution >= 0.6 is 0 Å². The Morgan fingerprint density at radius 2 is 1.95 bits per heavy atom. The smallest absolute Gasteiger partial charge is 0.251 e. The average molecular weight is 261 g/mol. The Morgan fingerprint density at radius 1 is 1.26 bits per heavy atom. The minimum atomic E-state index is -0.162. The van der Waals surface area contributed by atoms with E-state index in [1.54, 1.807) is 12.1 Å². The maximum absolute atomic E-state index is 11.9. The molecule has 0 radical (unpaired) electrons. The van der Waals surface area contributed by atoms with Gasteiger partial charge in [0.15, 0.2) is 0 Å². The Bertz CT molecular complexity index is 495. The number of rotatable bonds is 5. The molecule has 102 valence electrons. The zero-order valence-electron chi connectivity index (χ0n) is 11.0. The van der Waals surface area contributed by atoms with E-state index >= 15 is 0 Å². The van der Waals surface area contributed by atoms with Crippen LogP contribution in [0.5, 0.6) is 0 Å². The van der Waals surface area contributed by atoms with Crippen molar-refractivity contribution in [2.24, 2.45) is 5.92 Å². The van der Waals surface area contributed by atoms with Gasteiger partial charge in [0.1, 0.15) is 0 Å². The molecule has 19 heavy (non-hydrogen) atoms. The quantitative estimate of drug-likeness (QED) is 0.542. The molecule has 1 fully saturated rings. The van der Waals surface area contributed by atoms with Gasteiger partial charge in [-0.15, -0.1) is 0 Å². The number of aryl methyl sites for hydroxylation is 1. The molecule has 5 nitrogen and oxygen atoms in total. The third kappa shape index (κ3) is 3.71. The number of hydrogen-bond donors (Lipinski definition) is 3. The van der Waals surface area contributed by atoms with Crippen molar-refractivity contribution in [2.45, 2.75) is 19.8 Å². The van der Waals surface area contributed by atoms with Crippen molar-refractivity contribution in [1.29, 1.82) is 0 Å². The summed E-state index contributed by atoms with van der Waals surface area (Å²) in [4.78, 5) is 23.3. The van der Waals surface area contributed by atoms with Crippen LogP contribution in [0.3, 0.4) is 0 Å². The molecule has 0 heterocycles. The van der Waals surface area contributed by atoms with Crippen molar-refractivity contribution in [3.8, 4) is 0 Å². The minimum absolute atomic E-state index is 0.0920. The molecule has 0 aromatic heterocycles. The predicted molar refractivity (Wildman–Crippen MR) is 73.7 cm³/mol. The number of amides is 2. The van der Waals surface area contributed by atoms with Crippen LogP contribution in [0.1, 0.15) is 28.8 Å². The summed E-state index contributed by atoms with van der Waals surface area (Å²) < 4.78 is 0. The highest BCUT2D eigenvalue weighted by Crippen LogP contribution is 2.28. The fourth-order valence-electron chi connectivity index (χ4n) is 1.83. The molecule has 0 aliphatic heterocycles. The second-order valence-electron chi connectivity index (χ2n) is 4.90. The Kier molecular flexibility index (Phi) is 4.04. The largest absolute Gasteiger partial charge is 0.399 e. The lowest BCUT2D eigenvalue weighted by atomic mass is 10.1. The second kappa shape index (κ2) is 5.73. The van der Waals surface area contributed by atoms with E-state index in [0.717, 1.165) is 18.4 Å². The van der Waals surface area contributed by atoms with Gasteiger partial charge < -0.3 is 16.4 Å². The van der Waals surface area contributed by atoms with E-state index in [2.05, 4.69) is 10.6 Å². The number of anilines is 1. The zero-order valence-corrected chi connectivity index (χ0v) is 11.0. The Balaban J connectivity index is 1.77. The fourth-order valence-corrected chi connectivity index (χ4v) is 1.83. The molecule has 1 aromatic rings. The number of nitrogens with one attached hydrogen (secondary N) is 2. The van der Waals surface area contributed by atoms with Gasteiger partial charge in [0.2, 0.25) is 5.91 Å². The van der Waals surface area contributed by atoms with Crippen LogP contribution in [-0.2, 0) is 4.79 Å². The number of carbonyl (C=O) groups excluding carboxylic acids is 2. The lowest BCUT2D eigenvalue weighted by Crippen LogP contribution is -2.35. The molecule has 0 spiro atoms. The average Bonchev–Trinajstić information content (AvgIpc) is 3.21. The van der Waals surface area contributed by atoms with Crippen LogP contribution in [0.25, 0.3) is 0 Å². The minimum Gasteiger partial charge on any atom is -0.399 e. The van der Waals surface area contributed by atoms with Crippen LogP contribution in [-0.4, -0.2) is 24.9 Å². The van der Waals surface area contributed by atoms with E-state index in [1.165, 1.54) is 0 Å². The van der Waals surface area contributed by atoms with E-state index in [4.69, 9.17) is 5.73 Å². The van der Waals surface area contributed by atoms with Crippen LogP contribution in [0.4, 0.5) is 5.69 Å². The third-order valence-corrected chi connectivity index (χ3v) is 3.16. The van der Waals surface area contributed by atoms with Gasteiger partial charge in [-0.2, -0.15) is 0 Å². The molecule has 1 aromatic carbocycles. The lowest BCUT2D eigenvalue weighted by Gasteiger charge is -2.09. The molecule has 1 aliphatic rings. The molecule has 0 atom stereocenters. The van der Waals surface area contributed by atoms with Crippen LogP contribution < -0.4 is 16.4 Å². The number of nitrogens with two attached hydrogens (primary N) is 1. The van der Waals surface area contributed by atoms with Crippen LogP contribution in [0, 0.1) is 12.8 Å². The van der Waals surface area contributed by atoms with Crippen molar-refractivity contribution in [3.05, 3.63) is 29.3 Å². The van der Waals surface area contributed by atoms with Crippen LogP contribution in [0.15, 0.2) is 18.2 Å². The van der Waals surface area contributed by atoms with E-state index < -0.39 is 0 Å². The normalized spacial score (nSPS) is 13.9. The molecule has 4 N–H and O–H groups in total. The highest BCUT2D eigenvalue weighted by molar-refractivity contribution is 5.96. The summed E-state index contributed by atoms with van der Waals surface area (Å²) in [5, 5.41) is 5.57. The SMILES string of the molecule is Cc1ccc(N)cc1C(=O)NCCNC(=O)C1CC1. The van der Waals surface area contributed by atoms with E-state index in [0.29, 0.717) is 24.3 Å². The first-order chi connectivity index (χ1) is 9.08. The van der Waals surface area contributed by atoms with Gasteiger partial charge in [-0.05, 0) is 37.5 Å². The molecule has 0 saturated heterocycles. The van der Waals surface area contributed by atoms with Crippen molar-refractivity contribution in [1.82, 2.24) is 10.6 Å². The topological polar surface area (TPSA) is 84.2 Å². The molecule has 5 heteroatoms. The van der Waals surface area contributed by atoms with E-state index in [1.807, 2.05) is 13.0 Å². The number of carbonyl (C=O) groups is 2. The molecule has 1 aliphatic carbocycles. The van der Waals surface area contributed by atoms with Crippen molar-refractivity contribution < 1.29 is 9.59 Å². The first-order valence-corrected chi connectivity index (χ1v) is 6.50. The van der Waals surface area contributed by atoms with Gasteiger partial charge in [0, 0.05) is 30.3 Å². The lowest BCUT2D eigenvalue weighted by molar-refractivity contribution is -0.122. The molecule has 2 rings (SSSR count). The number of benzene rings is 1. The standard InChI is InChI=1S/C14H19N3O2/c1-9-2-5-11(15)8-12(9)14(19)17-7-6-16-13(18)10-3-4-10/h2,5,8,10H,3-4,6-7,15H2,1H3,(H,16,18)(H,17,19). The molecule has 1 saturated carbocycles. The van der Waals surface area contributed by atoms with Crippen LogP contribution in [0.2, 0.25) is 0 Å². The highest BCUT2D eigenvalue weighted by atomic mass is 16.2. The van der Waals surface area contributed by atoms with Gasteiger partial charge in [-0.1, -0.05) is 6.07 Å². The highest BCUT2D eigenvalue weighted by Gasteiger charge is 2.28. The number of nitrogen functional groups attached to an aromatic ring is 1. The summed E-state index contributed by atoms with van der Waals surface area (Å²) in [6, 6.07) is 5.24. The monoisotopic (exact) mass is 261 g/mol. The molecular formula is C14H19N3O2. The Hall–Kier alpha value is -2.04. The number of hydrogen-bond acceptors (Lipinski definition) is 3. The summed E-state index contributed by atoms with van der Waals surface area (Å²) >= 11 is 0. The van der Waals surface area contributed by atoms with Gasteiger partial charge in [-0.25, -0.2) is 0 Å². The Morgan fingerprint density at radius 3 is 2.63 bits per heavy atom. The van der Waals surface area contributed by atoms with E-state index in [-0.39, 0.29) is 17.7 Å². The molecule has 2 amide bonds. The van der Waals surface area contributed by atoms with Gasteiger partial charge >= 0.3 is 0 Å². The maximum atomic E-state index is 11.9. The molecular weight excluding hydrogens is 242 g/mol. The second-order valence-corrected chi connectivity index (χ2v) is 4.90. The molecule has 0 unspecified atom stereocenters. The van der Waals surface area contributed by atoms with Crippen molar-refractivity contribution in [2.75, 3.05) is 18.8 Å². The van der Waals surface area contributed by atoms with Gasteiger partial charge in [0.25, 0.3) is 5.91 Å². The van der Waals surface area contributed by atoms with Crippen molar-refractivity contribution >= 4 is 17.5 Å². The maximum Gasteiger partial charge on any atom is 0.251 e. The summed E-state index contributed by atoms with van der Waals surface area (Å²) in [5.41, 5.74) is 7.69.